The third kappa shape index (κ3) is 3.29. The first-order valence-electron chi connectivity index (χ1n) is 6.32. The van der Waals surface area contributed by atoms with Gasteiger partial charge in [-0.2, -0.15) is 5.10 Å². The summed E-state index contributed by atoms with van der Waals surface area (Å²) in [5, 5.41) is 4.37. The van der Waals surface area contributed by atoms with Gasteiger partial charge < -0.3 is 9.47 Å². The molecule has 0 aliphatic heterocycles. The summed E-state index contributed by atoms with van der Waals surface area (Å²) in [6, 6.07) is 15.5. The summed E-state index contributed by atoms with van der Waals surface area (Å²) in [5.74, 6) is 1.40. The average molecular weight is 270 g/mol. The molecule has 0 unspecified atom stereocenters. The number of rotatable bonds is 5. The van der Waals surface area contributed by atoms with Crippen molar-refractivity contribution in [3.8, 4) is 11.5 Å². The first-order chi connectivity index (χ1) is 9.74. The molecule has 0 aliphatic carbocycles. The molecule has 0 aliphatic rings. The van der Waals surface area contributed by atoms with Crippen molar-refractivity contribution in [1.82, 2.24) is 0 Å². The van der Waals surface area contributed by atoms with Crippen LogP contribution in [0, 0.1) is 0 Å². The zero-order valence-corrected chi connectivity index (χ0v) is 11.9. The van der Waals surface area contributed by atoms with E-state index in [0.29, 0.717) is 11.5 Å². The second kappa shape index (κ2) is 6.61. The minimum atomic E-state index is 0.694. The average Bonchev–Trinajstić information content (AvgIpc) is 2.52. The molecular weight excluding hydrogens is 252 g/mol. The van der Waals surface area contributed by atoms with Crippen LogP contribution in [0.1, 0.15) is 12.5 Å². The number of ether oxygens (including phenoxy) is 2. The van der Waals surface area contributed by atoms with Crippen molar-refractivity contribution in [3.63, 3.8) is 0 Å². The van der Waals surface area contributed by atoms with Crippen LogP contribution in [0.5, 0.6) is 11.5 Å². The number of nitrogens with zero attached hydrogens (tertiary/aromatic N) is 1. The second-order valence-electron chi connectivity index (χ2n) is 4.24. The van der Waals surface area contributed by atoms with Crippen LogP contribution in [0.15, 0.2) is 53.6 Å². The van der Waals surface area contributed by atoms with Crippen molar-refractivity contribution in [1.29, 1.82) is 0 Å². The molecule has 0 heterocycles. The van der Waals surface area contributed by atoms with Gasteiger partial charge >= 0.3 is 0 Å². The molecule has 4 heteroatoms. The Labute approximate surface area is 119 Å². The van der Waals surface area contributed by atoms with Gasteiger partial charge in [0.1, 0.15) is 0 Å². The Morgan fingerprint density at radius 2 is 1.65 bits per heavy atom. The lowest BCUT2D eigenvalue weighted by atomic mass is 10.1. The van der Waals surface area contributed by atoms with Gasteiger partial charge in [0.2, 0.25) is 0 Å². The van der Waals surface area contributed by atoms with E-state index in [1.807, 2.05) is 55.5 Å². The van der Waals surface area contributed by atoms with E-state index in [-0.39, 0.29) is 0 Å². The Morgan fingerprint density at radius 3 is 2.30 bits per heavy atom. The summed E-state index contributed by atoms with van der Waals surface area (Å²) in [6.07, 6.45) is 0. The predicted molar refractivity (Wildman–Crippen MR) is 81.8 cm³/mol. The van der Waals surface area contributed by atoms with Crippen molar-refractivity contribution in [2.45, 2.75) is 6.92 Å². The number of hydrogen-bond acceptors (Lipinski definition) is 4. The molecule has 0 bridgehead atoms. The van der Waals surface area contributed by atoms with Crippen LogP contribution in [-0.2, 0) is 0 Å². The van der Waals surface area contributed by atoms with Gasteiger partial charge in [-0.3, -0.25) is 5.43 Å². The Bertz CT molecular complexity index is 595. The molecule has 0 radical (unpaired) electrons. The number of benzene rings is 2. The number of hydrazone groups is 1. The van der Waals surface area contributed by atoms with Gasteiger partial charge in [-0.15, -0.1) is 0 Å². The normalized spacial score (nSPS) is 11.1. The maximum absolute atomic E-state index is 5.29. The van der Waals surface area contributed by atoms with Gasteiger partial charge in [-0.05, 0) is 37.3 Å². The van der Waals surface area contributed by atoms with E-state index in [1.54, 1.807) is 14.2 Å². The van der Waals surface area contributed by atoms with Crippen LogP contribution in [-0.4, -0.2) is 19.9 Å². The molecular formula is C16H18N2O2. The largest absolute Gasteiger partial charge is 0.493 e. The zero-order chi connectivity index (χ0) is 14.4. The monoisotopic (exact) mass is 270 g/mol. The lowest BCUT2D eigenvalue weighted by Gasteiger charge is -2.09. The highest BCUT2D eigenvalue weighted by atomic mass is 16.5. The molecule has 4 nitrogen and oxygen atoms in total. The van der Waals surface area contributed by atoms with Gasteiger partial charge in [0, 0.05) is 5.56 Å². The van der Waals surface area contributed by atoms with Gasteiger partial charge in [-0.25, -0.2) is 0 Å². The molecule has 0 fully saturated rings. The number of methoxy groups -OCH3 is 2. The molecule has 2 rings (SSSR count). The molecule has 0 saturated carbocycles. The second-order valence-corrected chi connectivity index (χ2v) is 4.24. The van der Waals surface area contributed by atoms with E-state index in [1.165, 1.54) is 0 Å². The molecule has 0 atom stereocenters. The smallest absolute Gasteiger partial charge is 0.161 e. The maximum Gasteiger partial charge on any atom is 0.161 e. The molecule has 0 saturated heterocycles. The van der Waals surface area contributed by atoms with Crippen LogP contribution in [0.3, 0.4) is 0 Å². The van der Waals surface area contributed by atoms with E-state index in [9.17, 15) is 0 Å². The highest BCUT2D eigenvalue weighted by Crippen LogP contribution is 2.27. The summed E-state index contributed by atoms with van der Waals surface area (Å²) in [7, 11) is 3.24. The molecule has 0 aromatic heterocycles. The SMILES string of the molecule is COc1ccc(/C(C)=N/Nc2ccccc2)cc1OC. The first-order valence-corrected chi connectivity index (χ1v) is 6.32. The third-order valence-electron chi connectivity index (χ3n) is 2.93. The fraction of sp³-hybridized carbons (Fsp3) is 0.188. The quantitative estimate of drug-likeness (QED) is 0.667. The van der Waals surface area contributed by atoms with Crippen molar-refractivity contribution in [3.05, 3.63) is 54.1 Å². The van der Waals surface area contributed by atoms with E-state index in [2.05, 4.69) is 10.5 Å². The molecule has 2 aromatic carbocycles. The van der Waals surface area contributed by atoms with E-state index in [4.69, 9.17) is 9.47 Å². The van der Waals surface area contributed by atoms with Crippen molar-refractivity contribution in [2.75, 3.05) is 19.6 Å². The van der Waals surface area contributed by atoms with E-state index < -0.39 is 0 Å². The number of anilines is 1. The minimum Gasteiger partial charge on any atom is -0.493 e. The lowest BCUT2D eigenvalue weighted by Crippen LogP contribution is -2.01. The number of hydrogen-bond donors (Lipinski definition) is 1. The molecule has 104 valence electrons. The standard InChI is InChI=1S/C16H18N2O2/c1-12(17-18-14-7-5-4-6-8-14)13-9-10-15(19-2)16(11-13)20-3/h4-11,18H,1-3H3/b17-12+. The summed E-state index contributed by atoms with van der Waals surface area (Å²) in [4.78, 5) is 0. The van der Waals surface area contributed by atoms with E-state index in [0.717, 1.165) is 17.0 Å². The van der Waals surface area contributed by atoms with Crippen molar-refractivity contribution < 1.29 is 9.47 Å². The first kappa shape index (κ1) is 13.9. The topological polar surface area (TPSA) is 42.8 Å². The third-order valence-corrected chi connectivity index (χ3v) is 2.93. The fourth-order valence-corrected chi connectivity index (χ4v) is 1.79. The molecule has 0 amide bonds. The fourth-order valence-electron chi connectivity index (χ4n) is 1.79. The Kier molecular flexibility index (Phi) is 4.60. The number of nitrogens with one attached hydrogen (secondary N) is 1. The zero-order valence-electron chi connectivity index (χ0n) is 11.9. The molecule has 2 aromatic rings. The summed E-state index contributed by atoms with van der Waals surface area (Å²) in [6.45, 7) is 1.94. The maximum atomic E-state index is 5.29. The number of para-hydroxylation sites is 1. The van der Waals surface area contributed by atoms with Crippen molar-refractivity contribution >= 4 is 11.4 Å². The molecule has 20 heavy (non-hydrogen) atoms. The molecule has 1 N–H and O–H groups in total. The van der Waals surface area contributed by atoms with Crippen molar-refractivity contribution in [2.24, 2.45) is 5.10 Å². The summed E-state index contributed by atoms with van der Waals surface area (Å²) in [5.41, 5.74) is 5.82. The van der Waals surface area contributed by atoms with Gasteiger partial charge in [0.15, 0.2) is 11.5 Å². The highest BCUT2D eigenvalue weighted by molar-refractivity contribution is 5.99. The predicted octanol–water partition coefficient (Wildman–Crippen LogP) is 3.54. The summed E-state index contributed by atoms with van der Waals surface area (Å²) < 4.78 is 10.5. The van der Waals surface area contributed by atoms with Crippen LogP contribution < -0.4 is 14.9 Å². The van der Waals surface area contributed by atoms with Gasteiger partial charge in [0.05, 0.1) is 25.6 Å². The lowest BCUT2D eigenvalue weighted by molar-refractivity contribution is 0.355. The van der Waals surface area contributed by atoms with Crippen LogP contribution in [0.2, 0.25) is 0 Å². The van der Waals surface area contributed by atoms with Gasteiger partial charge in [-0.1, -0.05) is 18.2 Å². The minimum absolute atomic E-state index is 0.694. The Hall–Kier alpha value is -2.49. The van der Waals surface area contributed by atoms with Gasteiger partial charge in [0.25, 0.3) is 0 Å². The van der Waals surface area contributed by atoms with Crippen LogP contribution in [0.25, 0.3) is 0 Å². The Balaban J connectivity index is 2.18. The van der Waals surface area contributed by atoms with E-state index >= 15 is 0 Å². The van der Waals surface area contributed by atoms with Crippen LogP contribution >= 0.6 is 0 Å². The molecule has 0 spiro atoms. The highest BCUT2D eigenvalue weighted by Gasteiger charge is 2.06. The summed E-state index contributed by atoms with van der Waals surface area (Å²) >= 11 is 0. The van der Waals surface area contributed by atoms with Crippen LogP contribution in [0.4, 0.5) is 5.69 Å². The Morgan fingerprint density at radius 1 is 0.950 bits per heavy atom.